The summed E-state index contributed by atoms with van der Waals surface area (Å²) in [5.74, 6) is -0.602. The minimum Gasteiger partial charge on any atom is -0.507 e. The van der Waals surface area contributed by atoms with Gasteiger partial charge < -0.3 is 19.7 Å². The number of methoxy groups -OCH3 is 2. The molecule has 1 aromatic carbocycles. The Morgan fingerprint density at radius 1 is 1.14 bits per heavy atom. The Bertz CT molecular complexity index is 359. The van der Waals surface area contributed by atoms with Crippen LogP contribution >= 0.6 is 0 Å². The molecule has 0 aliphatic rings. The number of carbonyl (C=O) groups is 1. The molecule has 2 N–H and O–H groups in total. The highest BCUT2D eigenvalue weighted by Crippen LogP contribution is 2.42. The zero-order valence-electron chi connectivity index (χ0n) is 7.77. The van der Waals surface area contributed by atoms with E-state index in [9.17, 15) is 15.0 Å². The molecule has 0 saturated heterocycles. The molecule has 0 radical (unpaired) electrons. The molecule has 5 nitrogen and oxygen atoms in total. The highest BCUT2D eigenvalue weighted by molar-refractivity contribution is 5.86. The lowest BCUT2D eigenvalue weighted by Crippen LogP contribution is -1.96. The molecule has 0 spiro atoms. The predicted octanol–water partition coefficient (Wildman–Crippen LogP) is 0.927. The highest BCUT2D eigenvalue weighted by atomic mass is 16.5. The average molecular weight is 198 g/mol. The highest BCUT2D eigenvalue weighted by Gasteiger charge is 2.18. The lowest BCUT2D eigenvalue weighted by atomic mass is 10.1. The molecule has 0 bridgehead atoms. The number of hydrogen-bond acceptors (Lipinski definition) is 5. The van der Waals surface area contributed by atoms with Crippen LogP contribution in [0.25, 0.3) is 0 Å². The second-order valence-corrected chi connectivity index (χ2v) is 2.51. The maximum atomic E-state index is 10.6. The largest absolute Gasteiger partial charge is 0.507 e. The van der Waals surface area contributed by atoms with Crippen LogP contribution in [0, 0.1) is 0 Å². The smallest absolute Gasteiger partial charge is 0.204 e. The molecule has 0 amide bonds. The van der Waals surface area contributed by atoms with Gasteiger partial charge in [-0.1, -0.05) is 0 Å². The number of phenolic OH excluding ortho intramolecular Hbond substituents is 2. The van der Waals surface area contributed by atoms with Crippen LogP contribution in [0.15, 0.2) is 6.07 Å². The average Bonchev–Trinajstić information content (AvgIpc) is 2.16. The monoisotopic (exact) mass is 198 g/mol. The van der Waals surface area contributed by atoms with Crippen LogP contribution in [0.5, 0.6) is 23.0 Å². The number of ether oxygens (including phenoxy) is 2. The molecule has 0 aliphatic carbocycles. The fraction of sp³-hybridized carbons (Fsp3) is 0.222. The minimum atomic E-state index is -0.352. The molecule has 1 rings (SSSR count). The van der Waals surface area contributed by atoms with Gasteiger partial charge in [0.05, 0.1) is 14.2 Å². The predicted molar refractivity (Wildman–Crippen MR) is 48.3 cm³/mol. The number of aromatic hydroxyl groups is 2. The number of carbonyl (C=O) groups excluding carboxylic acids is 1. The summed E-state index contributed by atoms with van der Waals surface area (Å²) in [5.41, 5.74) is -0.0536. The van der Waals surface area contributed by atoms with E-state index in [1.54, 1.807) is 0 Å². The van der Waals surface area contributed by atoms with Crippen molar-refractivity contribution in [2.45, 2.75) is 0 Å². The summed E-state index contributed by atoms with van der Waals surface area (Å²) in [4.78, 5) is 10.6. The third kappa shape index (κ3) is 1.44. The summed E-state index contributed by atoms with van der Waals surface area (Å²) < 4.78 is 9.66. The SMILES string of the molecule is COc1c(O)cc(O)c(C=O)c1OC. The van der Waals surface area contributed by atoms with E-state index in [1.165, 1.54) is 14.2 Å². The topological polar surface area (TPSA) is 76.0 Å². The number of rotatable bonds is 3. The van der Waals surface area contributed by atoms with Crippen molar-refractivity contribution in [1.82, 2.24) is 0 Å². The van der Waals surface area contributed by atoms with Crippen LogP contribution < -0.4 is 9.47 Å². The van der Waals surface area contributed by atoms with Crippen molar-refractivity contribution >= 4 is 6.29 Å². The molecule has 0 saturated carbocycles. The number of hydrogen-bond donors (Lipinski definition) is 2. The van der Waals surface area contributed by atoms with E-state index in [4.69, 9.17) is 9.47 Å². The molecule has 0 atom stereocenters. The van der Waals surface area contributed by atoms with E-state index < -0.39 is 0 Å². The molecular formula is C9H10O5. The molecule has 14 heavy (non-hydrogen) atoms. The Morgan fingerprint density at radius 2 is 1.71 bits per heavy atom. The van der Waals surface area contributed by atoms with E-state index in [2.05, 4.69) is 0 Å². The third-order valence-corrected chi connectivity index (χ3v) is 1.76. The van der Waals surface area contributed by atoms with Gasteiger partial charge in [-0.2, -0.15) is 0 Å². The summed E-state index contributed by atoms with van der Waals surface area (Å²) in [5, 5.41) is 18.6. The van der Waals surface area contributed by atoms with Gasteiger partial charge in [0.1, 0.15) is 11.3 Å². The molecule has 5 heteroatoms. The van der Waals surface area contributed by atoms with Gasteiger partial charge >= 0.3 is 0 Å². The van der Waals surface area contributed by atoms with E-state index >= 15 is 0 Å². The van der Waals surface area contributed by atoms with E-state index in [-0.39, 0.29) is 28.6 Å². The first-order valence-corrected chi connectivity index (χ1v) is 3.77. The molecular weight excluding hydrogens is 188 g/mol. The number of aldehydes is 1. The maximum absolute atomic E-state index is 10.6. The van der Waals surface area contributed by atoms with Gasteiger partial charge in [-0.25, -0.2) is 0 Å². The molecule has 76 valence electrons. The van der Waals surface area contributed by atoms with Crippen molar-refractivity contribution in [3.05, 3.63) is 11.6 Å². The summed E-state index contributed by atoms with van der Waals surface area (Å²) in [7, 11) is 2.63. The Balaban J connectivity index is 3.50. The van der Waals surface area contributed by atoms with Crippen molar-refractivity contribution in [2.24, 2.45) is 0 Å². The van der Waals surface area contributed by atoms with Crippen LogP contribution in [0.1, 0.15) is 10.4 Å². The van der Waals surface area contributed by atoms with Crippen molar-refractivity contribution < 1.29 is 24.5 Å². The minimum absolute atomic E-state index is 0.0139. The lowest BCUT2D eigenvalue weighted by Gasteiger charge is -2.11. The molecule has 0 fully saturated rings. The number of benzene rings is 1. The number of phenols is 2. The Labute approximate surface area is 80.5 Å². The normalized spacial score (nSPS) is 9.57. The molecule has 0 heterocycles. The van der Waals surface area contributed by atoms with E-state index in [0.717, 1.165) is 6.07 Å². The Morgan fingerprint density at radius 3 is 2.14 bits per heavy atom. The second-order valence-electron chi connectivity index (χ2n) is 2.51. The van der Waals surface area contributed by atoms with Gasteiger partial charge in [-0.15, -0.1) is 0 Å². The Kier molecular flexibility index (Phi) is 2.81. The van der Waals surface area contributed by atoms with Crippen LogP contribution in [-0.2, 0) is 0 Å². The summed E-state index contributed by atoms with van der Waals surface area (Å²) in [6.07, 6.45) is 0.427. The zero-order chi connectivity index (χ0) is 10.7. The maximum Gasteiger partial charge on any atom is 0.204 e. The summed E-state index contributed by atoms with van der Waals surface area (Å²) in [6, 6.07) is 1.02. The van der Waals surface area contributed by atoms with Crippen molar-refractivity contribution in [2.75, 3.05) is 14.2 Å². The molecule has 1 aromatic rings. The van der Waals surface area contributed by atoms with E-state index in [1.807, 2.05) is 0 Å². The van der Waals surface area contributed by atoms with Crippen molar-refractivity contribution in [3.63, 3.8) is 0 Å². The van der Waals surface area contributed by atoms with Crippen molar-refractivity contribution in [1.29, 1.82) is 0 Å². The lowest BCUT2D eigenvalue weighted by molar-refractivity contribution is 0.111. The van der Waals surface area contributed by atoms with Crippen molar-refractivity contribution in [3.8, 4) is 23.0 Å². The van der Waals surface area contributed by atoms with Gasteiger partial charge in [0.2, 0.25) is 5.75 Å². The molecule has 0 unspecified atom stereocenters. The van der Waals surface area contributed by atoms with Crippen LogP contribution in [0.3, 0.4) is 0 Å². The first-order chi connectivity index (χ1) is 6.65. The van der Waals surface area contributed by atoms with Gasteiger partial charge in [-0.3, -0.25) is 4.79 Å². The standard InChI is InChI=1S/C9H10O5/c1-13-8-5(4-10)6(11)3-7(12)9(8)14-2/h3-4,11-12H,1-2H3. The molecule has 0 aliphatic heterocycles. The first-order valence-electron chi connectivity index (χ1n) is 3.77. The van der Waals surface area contributed by atoms with Gasteiger partial charge in [0, 0.05) is 6.07 Å². The summed E-state index contributed by atoms with van der Waals surface area (Å²) in [6.45, 7) is 0. The second kappa shape index (κ2) is 3.87. The Hall–Kier alpha value is -1.91. The van der Waals surface area contributed by atoms with Crippen LogP contribution in [-0.4, -0.2) is 30.7 Å². The van der Waals surface area contributed by atoms with Crippen LogP contribution in [0.2, 0.25) is 0 Å². The molecule has 0 aromatic heterocycles. The van der Waals surface area contributed by atoms with Gasteiger partial charge in [0.15, 0.2) is 17.8 Å². The van der Waals surface area contributed by atoms with Gasteiger partial charge in [-0.05, 0) is 0 Å². The zero-order valence-corrected chi connectivity index (χ0v) is 7.77. The fourth-order valence-corrected chi connectivity index (χ4v) is 1.14. The van der Waals surface area contributed by atoms with Gasteiger partial charge in [0.25, 0.3) is 0 Å². The summed E-state index contributed by atoms with van der Waals surface area (Å²) >= 11 is 0. The quantitative estimate of drug-likeness (QED) is 0.706. The third-order valence-electron chi connectivity index (χ3n) is 1.76. The first kappa shape index (κ1) is 10.2. The van der Waals surface area contributed by atoms with E-state index in [0.29, 0.717) is 6.29 Å². The van der Waals surface area contributed by atoms with Crippen LogP contribution in [0.4, 0.5) is 0 Å². The fourth-order valence-electron chi connectivity index (χ4n) is 1.14.